The van der Waals surface area contributed by atoms with E-state index in [2.05, 4.69) is 42.9 Å². The summed E-state index contributed by atoms with van der Waals surface area (Å²) in [5.74, 6) is 1.37. The summed E-state index contributed by atoms with van der Waals surface area (Å²) in [6, 6.07) is 8.35. The average molecular weight is 320 g/mol. The predicted molar refractivity (Wildman–Crippen MR) is 97.9 cm³/mol. The van der Waals surface area contributed by atoms with Gasteiger partial charge in [-0.3, -0.25) is 0 Å². The van der Waals surface area contributed by atoms with E-state index in [4.69, 9.17) is 10.5 Å². The summed E-state index contributed by atoms with van der Waals surface area (Å²) in [6.45, 7) is 12.8. The Morgan fingerprint density at radius 2 is 1.96 bits per heavy atom. The second-order valence-electron chi connectivity index (χ2n) is 5.64. The number of nitrogens with zero attached hydrogens (tertiary/aromatic N) is 2. The molecule has 1 aromatic carbocycles. The van der Waals surface area contributed by atoms with Gasteiger partial charge in [0.25, 0.3) is 0 Å². The molecule has 0 aliphatic rings. The molecule has 0 aliphatic carbocycles. The largest absolute Gasteiger partial charge is 0.492 e. The Labute approximate surface area is 140 Å². The monoisotopic (exact) mass is 320 g/mol. The van der Waals surface area contributed by atoms with Gasteiger partial charge in [0.05, 0.1) is 6.54 Å². The highest BCUT2D eigenvalue weighted by Crippen LogP contribution is 2.18. The van der Waals surface area contributed by atoms with Crippen LogP contribution >= 0.6 is 0 Å². The number of rotatable bonds is 10. The third-order valence-corrected chi connectivity index (χ3v) is 3.96. The summed E-state index contributed by atoms with van der Waals surface area (Å²) in [6.07, 6.45) is 1.02. The molecule has 1 aromatic rings. The van der Waals surface area contributed by atoms with E-state index in [0.29, 0.717) is 25.2 Å². The number of ether oxygens (including phenoxy) is 1. The van der Waals surface area contributed by atoms with E-state index < -0.39 is 0 Å². The van der Waals surface area contributed by atoms with Crippen molar-refractivity contribution in [3.63, 3.8) is 0 Å². The summed E-state index contributed by atoms with van der Waals surface area (Å²) in [5.41, 5.74) is 6.97. The maximum Gasteiger partial charge on any atom is 0.189 e. The van der Waals surface area contributed by atoms with E-state index in [0.717, 1.165) is 37.4 Å². The Hall–Kier alpha value is -1.75. The fourth-order valence-electron chi connectivity index (χ4n) is 2.17. The van der Waals surface area contributed by atoms with Gasteiger partial charge in [-0.2, -0.15) is 0 Å². The minimum Gasteiger partial charge on any atom is -0.492 e. The molecule has 0 spiro atoms. The van der Waals surface area contributed by atoms with Gasteiger partial charge >= 0.3 is 0 Å². The molecule has 1 rings (SSSR count). The van der Waals surface area contributed by atoms with Gasteiger partial charge in [0, 0.05) is 18.2 Å². The lowest BCUT2D eigenvalue weighted by Gasteiger charge is -2.18. The van der Waals surface area contributed by atoms with Crippen LogP contribution in [0.15, 0.2) is 29.3 Å². The molecule has 0 fully saturated rings. The van der Waals surface area contributed by atoms with Crippen molar-refractivity contribution < 1.29 is 4.74 Å². The van der Waals surface area contributed by atoms with E-state index in [1.807, 2.05) is 24.3 Å². The zero-order valence-electron chi connectivity index (χ0n) is 15.0. The Balaban J connectivity index is 2.58. The molecule has 0 heterocycles. The quantitative estimate of drug-likeness (QED) is 0.514. The molecule has 0 aromatic heterocycles. The molecular weight excluding hydrogens is 288 g/mol. The van der Waals surface area contributed by atoms with E-state index in [1.54, 1.807) is 0 Å². The first-order valence-corrected chi connectivity index (χ1v) is 8.60. The molecule has 1 unspecified atom stereocenters. The third kappa shape index (κ3) is 7.37. The van der Waals surface area contributed by atoms with Crippen LogP contribution in [-0.4, -0.2) is 43.1 Å². The average Bonchev–Trinajstić information content (AvgIpc) is 2.57. The van der Waals surface area contributed by atoms with Crippen LogP contribution in [0.25, 0.3) is 0 Å². The molecule has 0 saturated heterocycles. The number of para-hydroxylation sites is 1. The Kier molecular flexibility index (Phi) is 9.14. The molecule has 0 bridgehead atoms. The van der Waals surface area contributed by atoms with Gasteiger partial charge in [0.1, 0.15) is 12.4 Å². The molecule has 130 valence electrons. The van der Waals surface area contributed by atoms with Crippen LogP contribution in [-0.2, 0) is 6.54 Å². The van der Waals surface area contributed by atoms with E-state index in [1.165, 1.54) is 0 Å². The first-order chi connectivity index (χ1) is 11.1. The van der Waals surface area contributed by atoms with Gasteiger partial charge in [-0.25, -0.2) is 4.99 Å². The summed E-state index contributed by atoms with van der Waals surface area (Å²) in [4.78, 5) is 6.75. The van der Waals surface area contributed by atoms with Crippen molar-refractivity contribution in [1.29, 1.82) is 0 Å². The smallest absolute Gasteiger partial charge is 0.189 e. The Bertz CT molecular complexity index is 472. The molecule has 0 saturated carbocycles. The molecule has 5 heteroatoms. The van der Waals surface area contributed by atoms with Crippen LogP contribution in [0.1, 0.15) is 39.7 Å². The lowest BCUT2D eigenvalue weighted by molar-refractivity contribution is 0.221. The van der Waals surface area contributed by atoms with Crippen molar-refractivity contribution in [2.75, 3.05) is 26.2 Å². The minimum atomic E-state index is 0.333. The first kappa shape index (κ1) is 19.3. The Morgan fingerprint density at radius 1 is 1.26 bits per heavy atom. The summed E-state index contributed by atoms with van der Waals surface area (Å²) in [7, 11) is 0. The third-order valence-electron chi connectivity index (χ3n) is 3.96. The highest BCUT2D eigenvalue weighted by atomic mass is 16.5. The number of likely N-dealkylation sites (N-methyl/N-ethyl adjacent to an activating group) is 1. The van der Waals surface area contributed by atoms with Crippen LogP contribution in [0.2, 0.25) is 0 Å². The molecule has 1 atom stereocenters. The lowest BCUT2D eigenvalue weighted by Crippen LogP contribution is -2.38. The van der Waals surface area contributed by atoms with Crippen LogP contribution in [0.4, 0.5) is 0 Å². The number of hydrogen-bond acceptors (Lipinski definition) is 3. The highest BCUT2D eigenvalue weighted by Gasteiger charge is 2.05. The van der Waals surface area contributed by atoms with Crippen LogP contribution in [0, 0.1) is 0 Å². The van der Waals surface area contributed by atoms with Crippen molar-refractivity contribution >= 4 is 5.96 Å². The second kappa shape index (κ2) is 10.9. The van der Waals surface area contributed by atoms with Crippen LogP contribution in [0.5, 0.6) is 5.75 Å². The van der Waals surface area contributed by atoms with Gasteiger partial charge in [0.15, 0.2) is 5.96 Å². The van der Waals surface area contributed by atoms with Gasteiger partial charge in [0.2, 0.25) is 0 Å². The lowest BCUT2D eigenvalue weighted by atomic mass is 10.2. The van der Waals surface area contributed by atoms with E-state index in [9.17, 15) is 0 Å². The highest BCUT2D eigenvalue weighted by molar-refractivity contribution is 5.78. The molecule has 0 radical (unpaired) electrons. The van der Waals surface area contributed by atoms with Gasteiger partial charge in [-0.15, -0.1) is 0 Å². The number of hydrogen-bond donors (Lipinski definition) is 2. The number of benzene rings is 1. The molecule has 5 nitrogen and oxygen atoms in total. The van der Waals surface area contributed by atoms with Gasteiger partial charge in [-0.05, 0) is 32.5 Å². The van der Waals surface area contributed by atoms with E-state index >= 15 is 0 Å². The SMILES string of the molecule is CCC(C)NC(N)=NCc1ccccc1OCCN(CC)CC. The zero-order valence-corrected chi connectivity index (χ0v) is 15.0. The number of nitrogens with one attached hydrogen (secondary N) is 1. The molecule has 0 aliphatic heterocycles. The summed E-state index contributed by atoms with van der Waals surface area (Å²) < 4.78 is 5.93. The minimum absolute atomic E-state index is 0.333. The second-order valence-corrected chi connectivity index (χ2v) is 5.64. The maximum atomic E-state index is 5.93. The van der Waals surface area contributed by atoms with Crippen molar-refractivity contribution in [3.8, 4) is 5.75 Å². The molecule has 23 heavy (non-hydrogen) atoms. The fourth-order valence-corrected chi connectivity index (χ4v) is 2.17. The van der Waals surface area contributed by atoms with Crippen molar-refractivity contribution in [2.24, 2.45) is 10.7 Å². The number of aliphatic imine (C=N–C) groups is 1. The Morgan fingerprint density at radius 3 is 2.61 bits per heavy atom. The molecule has 0 amide bonds. The van der Waals surface area contributed by atoms with Gasteiger partial charge < -0.3 is 20.7 Å². The van der Waals surface area contributed by atoms with Crippen molar-refractivity contribution in [3.05, 3.63) is 29.8 Å². The molecule has 3 N–H and O–H groups in total. The summed E-state index contributed by atoms with van der Waals surface area (Å²) >= 11 is 0. The first-order valence-electron chi connectivity index (χ1n) is 8.60. The van der Waals surface area contributed by atoms with Crippen LogP contribution < -0.4 is 15.8 Å². The zero-order chi connectivity index (χ0) is 17.1. The van der Waals surface area contributed by atoms with Crippen molar-refractivity contribution in [2.45, 2.75) is 46.7 Å². The topological polar surface area (TPSA) is 62.9 Å². The number of guanidine groups is 1. The predicted octanol–water partition coefficient (Wildman–Crippen LogP) is 2.61. The standard InChI is InChI=1S/C18H32N4O/c1-5-15(4)21-18(19)20-14-16-10-8-9-11-17(16)23-13-12-22(6-2)7-3/h8-11,15H,5-7,12-14H2,1-4H3,(H3,19,20,21). The fraction of sp³-hybridized carbons (Fsp3) is 0.611. The van der Waals surface area contributed by atoms with Gasteiger partial charge in [-0.1, -0.05) is 39.0 Å². The van der Waals surface area contributed by atoms with E-state index in [-0.39, 0.29) is 0 Å². The van der Waals surface area contributed by atoms with Crippen LogP contribution in [0.3, 0.4) is 0 Å². The normalized spacial score (nSPS) is 13.2. The molecular formula is C18H32N4O. The summed E-state index contributed by atoms with van der Waals surface area (Å²) in [5, 5.41) is 3.17. The number of nitrogens with two attached hydrogens (primary N) is 1. The van der Waals surface area contributed by atoms with Crippen molar-refractivity contribution in [1.82, 2.24) is 10.2 Å². The maximum absolute atomic E-state index is 5.93.